The van der Waals surface area contributed by atoms with Crippen molar-refractivity contribution in [1.29, 1.82) is 0 Å². The van der Waals surface area contributed by atoms with Gasteiger partial charge in [0, 0.05) is 12.6 Å². The van der Waals surface area contributed by atoms with Crippen LogP contribution in [0, 0.1) is 0 Å². The number of anilines is 1. The first kappa shape index (κ1) is 21.7. The number of likely N-dealkylation sites (N-methyl/N-ethyl adjacent to an activating group) is 1. The number of nitrogens with zero attached hydrogens (tertiary/aromatic N) is 3. The van der Waals surface area contributed by atoms with Crippen LogP contribution in [0.2, 0.25) is 0 Å². The summed E-state index contributed by atoms with van der Waals surface area (Å²) >= 11 is 1.19. The van der Waals surface area contributed by atoms with Crippen LogP contribution in [0.4, 0.5) is 5.13 Å². The molecule has 0 radical (unpaired) electrons. The number of ether oxygens (including phenoxy) is 2. The van der Waals surface area contributed by atoms with E-state index in [2.05, 4.69) is 15.5 Å². The second kappa shape index (κ2) is 9.20. The van der Waals surface area contributed by atoms with Gasteiger partial charge in [0.15, 0.2) is 0 Å². The average Bonchev–Trinajstić information content (AvgIpc) is 3.22. The minimum Gasteiger partial charge on any atom is -0.497 e. The zero-order valence-corrected chi connectivity index (χ0v) is 18.2. The topological polar surface area (TPSA) is 111 Å². The molecule has 0 spiro atoms. The van der Waals surface area contributed by atoms with E-state index in [4.69, 9.17) is 9.47 Å². The Balaban J connectivity index is 1.64. The van der Waals surface area contributed by atoms with Gasteiger partial charge >= 0.3 is 0 Å². The summed E-state index contributed by atoms with van der Waals surface area (Å²) < 4.78 is 36.4. The van der Waals surface area contributed by atoms with Crippen LogP contribution >= 0.6 is 11.3 Å². The fourth-order valence-corrected chi connectivity index (χ4v) is 4.39. The van der Waals surface area contributed by atoms with Gasteiger partial charge in [-0.2, -0.15) is 4.31 Å². The van der Waals surface area contributed by atoms with Gasteiger partial charge in [0.05, 0.1) is 25.7 Å². The molecular weight excluding hydrogens is 428 g/mol. The van der Waals surface area contributed by atoms with Crippen molar-refractivity contribution in [1.82, 2.24) is 14.5 Å². The Morgan fingerprint density at radius 1 is 1.00 bits per heavy atom. The number of rotatable bonds is 8. The van der Waals surface area contributed by atoms with Gasteiger partial charge in [-0.25, -0.2) is 8.42 Å². The van der Waals surface area contributed by atoms with Crippen molar-refractivity contribution in [3.8, 4) is 22.1 Å². The molecule has 2 aromatic carbocycles. The number of aromatic nitrogens is 2. The van der Waals surface area contributed by atoms with E-state index in [0.29, 0.717) is 10.8 Å². The van der Waals surface area contributed by atoms with E-state index in [0.717, 1.165) is 15.6 Å². The summed E-state index contributed by atoms with van der Waals surface area (Å²) in [6.07, 6.45) is 0. The Morgan fingerprint density at radius 2 is 1.57 bits per heavy atom. The van der Waals surface area contributed by atoms with Crippen LogP contribution in [-0.2, 0) is 14.8 Å². The van der Waals surface area contributed by atoms with Crippen molar-refractivity contribution in [2.45, 2.75) is 4.90 Å². The van der Waals surface area contributed by atoms with Crippen molar-refractivity contribution in [3.63, 3.8) is 0 Å². The van der Waals surface area contributed by atoms with Crippen LogP contribution in [-0.4, -0.2) is 56.6 Å². The molecule has 0 aliphatic rings. The predicted octanol–water partition coefficient (Wildman–Crippen LogP) is 2.48. The maximum Gasteiger partial charge on any atom is 0.243 e. The summed E-state index contributed by atoms with van der Waals surface area (Å²) in [7, 11) is 0.588. The molecule has 30 heavy (non-hydrogen) atoms. The second-order valence-corrected chi connectivity index (χ2v) is 9.15. The molecule has 0 aliphatic heterocycles. The lowest BCUT2D eigenvalue weighted by Gasteiger charge is -2.16. The maximum atomic E-state index is 12.6. The fraction of sp³-hybridized carbons (Fsp3) is 0.211. The molecule has 0 saturated heterocycles. The zero-order chi connectivity index (χ0) is 21.7. The quantitative estimate of drug-likeness (QED) is 0.564. The van der Waals surface area contributed by atoms with Crippen molar-refractivity contribution in [2.75, 3.05) is 33.1 Å². The van der Waals surface area contributed by atoms with Crippen LogP contribution in [0.5, 0.6) is 11.5 Å². The number of hydrogen-bond acceptors (Lipinski definition) is 8. The van der Waals surface area contributed by atoms with E-state index in [1.54, 1.807) is 31.4 Å². The van der Waals surface area contributed by atoms with E-state index in [1.165, 1.54) is 37.6 Å². The third kappa shape index (κ3) is 4.93. The molecule has 0 bridgehead atoms. The zero-order valence-electron chi connectivity index (χ0n) is 16.5. The molecule has 0 unspecified atom stereocenters. The lowest BCUT2D eigenvalue weighted by Crippen LogP contribution is -2.34. The van der Waals surface area contributed by atoms with Crippen LogP contribution < -0.4 is 14.8 Å². The summed E-state index contributed by atoms with van der Waals surface area (Å²) in [6, 6.07) is 13.2. The van der Waals surface area contributed by atoms with E-state index in [1.807, 2.05) is 12.1 Å². The average molecular weight is 449 g/mol. The van der Waals surface area contributed by atoms with Crippen molar-refractivity contribution >= 4 is 32.4 Å². The monoisotopic (exact) mass is 448 g/mol. The van der Waals surface area contributed by atoms with Gasteiger partial charge in [-0.1, -0.05) is 11.3 Å². The van der Waals surface area contributed by atoms with Gasteiger partial charge in [-0.15, -0.1) is 10.2 Å². The highest BCUT2D eigenvalue weighted by Gasteiger charge is 2.23. The molecule has 3 rings (SSSR count). The van der Waals surface area contributed by atoms with Gasteiger partial charge < -0.3 is 9.47 Å². The molecule has 3 aromatic rings. The Bertz CT molecular complexity index is 1110. The van der Waals surface area contributed by atoms with Gasteiger partial charge in [-0.05, 0) is 48.5 Å². The molecule has 158 valence electrons. The Hall–Kier alpha value is -3.02. The number of carbonyl (C=O) groups is 1. The van der Waals surface area contributed by atoms with E-state index in [9.17, 15) is 13.2 Å². The van der Waals surface area contributed by atoms with Crippen LogP contribution in [0.15, 0.2) is 53.4 Å². The molecule has 0 fully saturated rings. The molecule has 0 atom stereocenters. The number of nitrogens with one attached hydrogen (secondary N) is 1. The van der Waals surface area contributed by atoms with Gasteiger partial charge in [0.2, 0.25) is 21.1 Å². The van der Waals surface area contributed by atoms with Crippen molar-refractivity contribution < 1.29 is 22.7 Å². The lowest BCUT2D eigenvalue weighted by molar-refractivity contribution is -0.116. The minimum atomic E-state index is -3.82. The lowest BCUT2D eigenvalue weighted by atomic mass is 10.2. The maximum absolute atomic E-state index is 12.6. The highest BCUT2D eigenvalue weighted by atomic mass is 32.2. The third-order valence-electron chi connectivity index (χ3n) is 4.14. The van der Waals surface area contributed by atoms with E-state index >= 15 is 0 Å². The van der Waals surface area contributed by atoms with Crippen LogP contribution in [0.1, 0.15) is 0 Å². The van der Waals surface area contributed by atoms with Crippen molar-refractivity contribution in [2.24, 2.45) is 0 Å². The summed E-state index contributed by atoms with van der Waals surface area (Å²) in [4.78, 5) is 12.4. The summed E-state index contributed by atoms with van der Waals surface area (Å²) in [5, 5.41) is 11.5. The molecule has 1 amide bonds. The third-order valence-corrected chi connectivity index (χ3v) is 6.85. The number of sulfonamides is 1. The first-order chi connectivity index (χ1) is 14.3. The molecular formula is C19H20N4O5S2. The predicted molar refractivity (Wildman–Crippen MR) is 113 cm³/mol. The van der Waals surface area contributed by atoms with Crippen molar-refractivity contribution in [3.05, 3.63) is 48.5 Å². The standard InChI is InChI=1S/C19H20N4O5S2/c1-23(30(25,26)16-10-8-15(28-3)9-11-16)12-17(24)20-19-22-21-18(29-19)13-4-6-14(27-2)7-5-13/h4-11H,12H2,1-3H3,(H,20,22,24). The normalized spacial score (nSPS) is 11.3. The van der Waals surface area contributed by atoms with E-state index < -0.39 is 15.9 Å². The first-order valence-corrected chi connectivity index (χ1v) is 11.0. The highest BCUT2D eigenvalue weighted by molar-refractivity contribution is 7.89. The van der Waals surface area contributed by atoms with Gasteiger partial charge in [0.25, 0.3) is 0 Å². The molecule has 0 saturated carbocycles. The van der Waals surface area contributed by atoms with Gasteiger partial charge in [0.1, 0.15) is 16.5 Å². The SMILES string of the molecule is COc1ccc(-c2nnc(NC(=O)CN(C)S(=O)(=O)c3ccc(OC)cc3)s2)cc1. The van der Waals surface area contributed by atoms with Crippen LogP contribution in [0.25, 0.3) is 10.6 Å². The summed E-state index contributed by atoms with van der Waals surface area (Å²) in [5.74, 6) is 0.739. The molecule has 1 heterocycles. The Kier molecular flexibility index (Phi) is 6.65. The number of methoxy groups -OCH3 is 2. The number of carbonyl (C=O) groups excluding carboxylic acids is 1. The fourth-order valence-electron chi connectivity index (χ4n) is 2.50. The minimum absolute atomic E-state index is 0.0660. The molecule has 9 nitrogen and oxygen atoms in total. The number of amides is 1. The molecule has 1 aromatic heterocycles. The summed E-state index contributed by atoms with van der Waals surface area (Å²) in [5.41, 5.74) is 0.827. The second-order valence-electron chi connectivity index (χ2n) is 6.13. The van der Waals surface area contributed by atoms with Crippen LogP contribution in [0.3, 0.4) is 0 Å². The Labute approximate surface area is 178 Å². The number of hydrogen-bond donors (Lipinski definition) is 1. The molecule has 1 N–H and O–H groups in total. The number of benzene rings is 2. The summed E-state index contributed by atoms with van der Waals surface area (Å²) in [6.45, 7) is -0.369. The molecule has 0 aliphatic carbocycles. The largest absolute Gasteiger partial charge is 0.497 e. The smallest absolute Gasteiger partial charge is 0.243 e. The highest BCUT2D eigenvalue weighted by Crippen LogP contribution is 2.27. The first-order valence-electron chi connectivity index (χ1n) is 8.71. The molecule has 11 heteroatoms. The Morgan fingerprint density at radius 3 is 2.13 bits per heavy atom. The van der Waals surface area contributed by atoms with E-state index in [-0.39, 0.29) is 16.6 Å². The van der Waals surface area contributed by atoms with Gasteiger partial charge in [-0.3, -0.25) is 10.1 Å².